The van der Waals surface area contributed by atoms with Crippen LogP contribution in [0.3, 0.4) is 0 Å². The number of nitrogens with one attached hydrogen (secondary N) is 1. The highest BCUT2D eigenvalue weighted by atomic mass is 35.5. The fraction of sp³-hybridized carbons (Fsp3) is 0. The highest BCUT2D eigenvalue weighted by Gasteiger charge is 2.23. The summed E-state index contributed by atoms with van der Waals surface area (Å²) in [5.74, 6) is -0.155. The van der Waals surface area contributed by atoms with Crippen LogP contribution in [0.25, 0.3) is 6.08 Å². The van der Waals surface area contributed by atoms with E-state index in [-0.39, 0.29) is 5.91 Å². The lowest BCUT2D eigenvalue weighted by Gasteiger charge is -1.96. The van der Waals surface area contributed by atoms with Crippen LogP contribution >= 0.6 is 46.3 Å². The van der Waals surface area contributed by atoms with Crippen molar-refractivity contribution in [1.82, 2.24) is 5.32 Å². The first-order valence-corrected chi connectivity index (χ1v) is 8.29. The highest BCUT2D eigenvalue weighted by molar-refractivity contribution is 8.18. The zero-order valence-corrected chi connectivity index (χ0v) is 13.6. The summed E-state index contributed by atoms with van der Waals surface area (Å²) in [6, 6.07) is 10.8. The molecule has 0 aliphatic carbocycles. The number of hydrogen-bond acceptors (Lipinski definition) is 4. The number of thioether (sulfide) groups is 1. The number of nitrogens with zero attached hydrogens (tertiary/aromatic N) is 1. The highest BCUT2D eigenvalue weighted by Crippen LogP contribution is 2.31. The van der Waals surface area contributed by atoms with E-state index in [9.17, 15) is 4.79 Å². The van der Waals surface area contributed by atoms with Crippen molar-refractivity contribution in [2.24, 2.45) is 4.99 Å². The van der Waals surface area contributed by atoms with Crippen LogP contribution < -0.4 is 5.32 Å². The topological polar surface area (TPSA) is 41.5 Å². The number of benzene rings is 1. The van der Waals surface area contributed by atoms with Gasteiger partial charge in [-0.05, 0) is 54.2 Å². The summed E-state index contributed by atoms with van der Waals surface area (Å²) in [7, 11) is 0. The van der Waals surface area contributed by atoms with Crippen molar-refractivity contribution >= 4 is 69.1 Å². The van der Waals surface area contributed by atoms with Gasteiger partial charge in [-0.15, -0.1) is 11.3 Å². The molecule has 2 heterocycles. The second-order valence-electron chi connectivity index (χ2n) is 4.10. The third-order valence-electron chi connectivity index (χ3n) is 2.58. The average molecular weight is 355 g/mol. The Kier molecular flexibility index (Phi) is 4.35. The first-order valence-electron chi connectivity index (χ1n) is 5.91. The van der Waals surface area contributed by atoms with Gasteiger partial charge in [-0.1, -0.05) is 23.2 Å². The fourth-order valence-electron chi connectivity index (χ4n) is 1.65. The number of hydrogen-bond donors (Lipinski definition) is 1. The predicted molar refractivity (Wildman–Crippen MR) is 91.6 cm³/mol. The molecule has 2 aromatic rings. The van der Waals surface area contributed by atoms with Gasteiger partial charge >= 0.3 is 0 Å². The van der Waals surface area contributed by atoms with Gasteiger partial charge in [0.15, 0.2) is 5.17 Å². The molecule has 1 saturated heterocycles. The molecule has 1 N–H and O–H groups in total. The van der Waals surface area contributed by atoms with E-state index in [2.05, 4.69) is 10.3 Å². The number of aliphatic imine (C=N–C) groups is 1. The maximum absolute atomic E-state index is 11.9. The molecule has 3 nitrogen and oxygen atoms in total. The van der Waals surface area contributed by atoms with Crippen molar-refractivity contribution in [3.05, 3.63) is 55.5 Å². The van der Waals surface area contributed by atoms with Gasteiger partial charge in [0.05, 0.1) is 14.9 Å². The summed E-state index contributed by atoms with van der Waals surface area (Å²) in [5, 5.41) is 3.94. The molecular weight excluding hydrogens is 347 g/mol. The second kappa shape index (κ2) is 6.23. The summed E-state index contributed by atoms with van der Waals surface area (Å²) in [5.41, 5.74) is 0.739. The largest absolute Gasteiger partial charge is 0.300 e. The number of carbonyl (C=O) groups is 1. The third-order valence-corrected chi connectivity index (χ3v) is 4.92. The van der Waals surface area contributed by atoms with Gasteiger partial charge in [0, 0.05) is 9.90 Å². The van der Waals surface area contributed by atoms with Crippen LogP contribution in [0.5, 0.6) is 0 Å². The van der Waals surface area contributed by atoms with E-state index in [4.69, 9.17) is 23.2 Å². The minimum Gasteiger partial charge on any atom is -0.300 e. The summed E-state index contributed by atoms with van der Waals surface area (Å²) < 4.78 is 0.695. The standard InChI is InChI=1S/C14H8Cl2N2OS2/c15-8-1-3-9(4-2-8)17-14-18-13(19)11(21-14)7-10-5-6-12(16)20-10/h1-7H,(H,17,18,19). The zero-order chi connectivity index (χ0) is 14.8. The zero-order valence-electron chi connectivity index (χ0n) is 10.5. The lowest BCUT2D eigenvalue weighted by molar-refractivity contribution is -0.115. The van der Waals surface area contributed by atoms with Crippen LogP contribution in [-0.4, -0.2) is 11.1 Å². The molecule has 1 amide bonds. The molecule has 0 spiro atoms. The van der Waals surface area contributed by atoms with E-state index in [1.807, 2.05) is 6.07 Å². The van der Waals surface area contributed by atoms with Crippen molar-refractivity contribution in [2.75, 3.05) is 0 Å². The van der Waals surface area contributed by atoms with E-state index in [0.29, 0.717) is 19.4 Å². The lowest BCUT2D eigenvalue weighted by Crippen LogP contribution is -2.19. The summed E-state index contributed by atoms with van der Waals surface area (Å²) in [6.45, 7) is 0. The Morgan fingerprint density at radius 3 is 2.52 bits per heavy atom. The molecule has 106 valence electrons. The van der Waals surface area contributed by atoms with E-state index >= 15 is 0 Å². The number of carbonyl (C=O) groups excluding carboxylic acids is 1. The lowest BCUT2D eigenvalue weighted by atomic mass is 10.3. The number of thiophene rings is 1. The molecule has 1 aliphatic heterocycles. The minimum atomic E-state index is -0.155. The Morgan fingerprint density at radius 1 is 1.10 bits per heavy atom. The summed E-state index contributed by atoms with van der Waals surface area (Å²) in [6.07, 6.45) is 1.81. The molecule has 21 heavy (non-hydrogen) atoms. The number of amides is 1. The first kappa shape index (κ1) is 14.7. The number of rotatable bonds is 2. The van der Waals surface area contributed by atoms with Crippen LogP contribution in [0.1, 0.15) is 4.88 Å². The summed E-state index contributed by atoms with van der Waals surface area (Å²) >= 11 is 14.4. The molecular formula is C14H8Cl2N2OS2. The predicted octanol–water partition coefficient (Wildman–Crippen LogP) is 4.95. The van der Waals surface area contributed by atoms with E-state index < -0.39 is 0 Å². The quantitative estimate of drug-likeness (QED) is 0.775. The minimum absolute atomic E-state index is 0.155. The first-order chi connectivity index (χ1) is 10.1. The molecule has 0 saturated carbocycles. The van der Waals surface area contributed by atoms with Crippen LogP contribution in [0.2, 0.25) is 9.36 Å². The molecule has 0 atom stereocenters. The van der Waals surface area contributed by atoms with Crippen molar-refractivity contribution in [3.63, 3.8) is 0 Å². The monoisotopic (exact) mass is 354 g/mol. The van der Waals surface area contributed by atoms with E-state index in [1.165, 1.54) is 23.1 Å². The number of halogens is 2. The third kappa shape index (κ3) is 3.68. The fourth-order valence-corrected chi connectivity index (χ4v) is 3.69. The van der Waals surface area contributed by atoms with E-state index in [0.717, 1.165) is 10.6 Å². The number of amidine groups is 1. The van der Waals surface area contributed by atoms with Gasteiger partial charge in [-0.3, -0.25) is 4.79 Å². The maximum Gasteiger partial charge on any atom is 0.264 e. The Balaban J connectivity index is 1.81. The Morgan fingerprint density at radius 2 is 1.86 bits per heavy atom. The Labute approximate surface area is 139 Å². The Hall–Kier alpha value is -1.27. The SMILES string of the molecule is O=C1NC(=Nc2ccc(Cl)cc2)SC1=Cc1ccc(Cl)s1. The normalized spacial score (nSPS) is 18.5. The van der Waals surface area contributed by atoms with Crippen molar-refractivity contribution in [2.45, 2.75) is 0 Å². The second-order valence-corrected chi connectivity index (χ2v) is 7.31. The van der Waals surface area contributed by atoms with Crippen LogP contribution in [0, 0.1) is 0 Å². The van der Waals surface area contributed by atoms with E-state index in [1.54, 1.807) is 36.4 Å². The maximum atomic E-state index is 11.9. The molecule has 1 fully saturated rings. The van der Waals surface area contributed by atoms with Crippen molar-refractivity contribution < 1.29 is 4.79 Å². The Bertz CT molecular complexity index is 751. The van der Waals surface area contributed by atoms with Gasteiger partial charge in [-0.25, -0.2) is 4.99 Å². The van der Waals surface area contributed by atoms with Gasteiger partial charge in [0.1, 0.15) is 0 Å². The van der Waals surface area contributed by atoms with Crippen LogP contribution in [0.15, 0.2) is 46.3 Å². The van der Waals surface area contributed by atoms with Gasteiger partial charge in [0.2, 0.25) is 0 Å². The summed E-state index contributed by atoms with van der Waals surface area (Å²) in [4.78, 5) is 17.8. The molecule has 0 unspecified atom stereocenters. The van der Waals surface area contributed by atoms with Crippen molar-refractivity contribution in [1.29, 1.82) is 0 Å². The molecule has 7 heteroatoms. The van der Waals surface area contributed by atoms with Crippen LogP contribution in [0.4, 0.5) is 5.69 Å². The molecule has 0 bridgehead atoms. The molecule has 0 radical (unpaired) electrons. The van der Waals surface area contributed by atoms with Crippen LogP contribution in [-0.2, 0) is 4.79 Å². The average Bonchev–Trinajstić information content (AvgIpc) is 3.00. The molecule has 1 aromatic heterocycles. The smallest absolute Gasteiger partial charge is 0.264 e. The van der Waals surface area contributed by atoms with Crippen molar-refractivity contribution in [3.8, 4) is 0 Å². The van der Waals surface area contributed by atoms with Gasteiger partial charge < -0.3 is 5.32 Å². The molecule has 3 rings (SSSR count). The molecule has 1 aliphatic rings. The van der Waals surface area contributed by atoms with Gasteiger partial charge in [0.25, 0.3) is 5.91 Å². The molecule has 1 aromatic carbocycles. The van der Waals surface area contributed by atoms with Gasteiger partial charge in [-0.2, -0.15) is 0 Å².